The lowest BCUT2D eigenvalue weighted by Gasteiger charge is -2.11. The van der Waals surface area contributed by atoms with Gasteiger partial charge >= 0.3 is 0 Å². The summed E-state index contributed by atoms with van der Waals surface area (Å²) in [5.74, 6) is 1.92. The number of benzene rings is 1. The Hall–Kier alpha value is -3.09. The summed E-state index contributed by atoms with van der Waals surface area (Å²) in [6, 6.07) is 8.94. The molecular formula is C17H17N3O4. The Morgan fingerprint density at radius 1 is 1.25 bits per heavy atom. The first-order chi connectivity index (χ1) is 11.5. The van der Waals surface area contributed by atoms with Gasteiger partial charge in [0.1, 0.15) is 17.3 Å². The number of hydrogen-bond donors (Lipinski definition) is 1. The molecule has 0 bridgehead atoms. The van der Waals surface area contributed by atoms with E-state index in [9.17, 15) is 4.79 Å². The summed E-state index contributed by atoms with van der Waals surface area (Å²) in [5, 5.41) is 7.10. The van der Waals surface area contributed by atoms with Crippen LogP contribution in [-0.4, -0.2) is 29.8 Å². The van der Waals surface area contributed by atoms with Crippen LogP contribution < -0.4 is 14.8 Å². The first-order valence-electron chi connectivity index (χ1n) is 7.36. The number of carbonyl (C=O) groups excluding carboxylic acids is 1. The maximum atomic E-state index is 12.0. The SMILES string of the molecule is COc1ccc2nc(C)cc(OCC(=O)Nc3cc(C)on3)c2c1. The quantitative estimate of drug-likeness (QED) is 0.775. The zero-order valence-corrected chi connectivity index (χ0v) is 13.6. The fourth-order valence-electron chi connectivity index (χ4n) is 2.29. The van der Waals surface area contributed by atoms with Gasteiger partial charge in [0.15, 0.2) is 12.4 Å². The number of methoxy groups -OCH3 is 1. The highest BCUT2D eigenvalue weighted by molar-refractivity contribution is 5.92. The van der Waals surface area contributed by atoms with Gasteiger partial charge in [-0.05, 0) is 32.0 Å². The molecule has 0 unspecified atom stereocenters. The third-order valence-corrected chi connectivity index (χ3v) is 3.36. The van der Waals surface area contributed by atoms with Gasteiger partial charge in [-0.25, -0.2) is 0 Å². The molecule has 7 nitrogen and oxygen atoms in total. The van der Waals surface area contributed by atoms with Gasteiger partial charge < -0.3 is 19.3 Å². The van der Waals surface area contributed by atoms with E-state index in [1.807, 2.05) is 25.1 Å². The molecule has 0 radical (unpaired) electrons. The number of anilines is 1. The molecule has 0 atom stereocenters. The van der Waals surface area contributed by atoms with Crippen molar-refractivity contribution in [2.75, 3.05) is 19.0 Å². The summed E-state index contributed by atoms with van der Waals surface area (Å²) in [7, 11) is 1.59. The molecule has 124 valence electrons. The van der Waals surface area contributed by atoms with E-state index in [0.717, 1.165) is 16.6 Å². The molecule has 1 aromatic carbocycles. The van der Waals surface area contributed by atoms with Crippen LogP contribution in [0.2, 0.25) is 0 Å². The summed E-state index contributed by atoms with van der Waals surface area (Å²) in [5.41, 5.74) is 1.58. The van der Waals surface area contributed by atoms with Crippen LogP contribution in [-0.2, 0) is 4.79 Å². The Bertz CT molecular complexity index is 889. The molecule has 1 amide bonds. The van der Waals surface area contributed by atoms with Gasteiger partial charge in [0.05, 0.1) is 12.6 Å². The number of nitrogens with zero attached hydrogens (tertiary/aromatic N) is 2. The minimum Gasteiger partial charge on any atom is -0.497 e. The Morgan fingerprint density at radius 2 is 2.08 bits per heavy atom. The fraction of sp³-hybridized carbons (Fsp3) is 0.235. The number of nitrogens with one attached hydrogen (secondary N) is 1. The zero-order valence-electron chi connectivity index (χ0n) is 13.6. The van der Waals surface area contributed by atoms with Crippen LogP contribution in [0.1, 0.15) is 11.5 Å². The van der Waals surface area contributed by atoms with E-state index >= 15 is 0 Å². The molecule has 2 heterocycles. The second-order valence-electron chi connectivity index (χ2n) is 5.30. The van der Waals surface area contributed by atoms with Gasteiger partial charge in [-0.1, -0.05) is 5.16 Å². The highest BCUT2D eigenvalue weighted by Gasteiger charge is 2.11. The highest BCUT2D eigenvalue weighted by atomic mass is 16.5. The largest absolute Gasteiger partial charge is 0.497 e. The predicted molar refractivity (Wildman–Crippen MR) is 88.4 cm³/mol. The number of ether oxygens (including phenoxy) is 2. The summed E-state index contributed by atoms with van der Waals surface area (Å²) in [6.45, 7) is 3.47. The number of amides is 1. The minimum absolute atomic E-state index is 0.151. The topological polar surface area (TPSA) is 86.5 Å². The smallest absolute Gasteiger partial charge is 0.263 e. The van der Waals surface area contributed by atoms with Gasteiger partial charge in [0.2, 0.25) is 0 Å². The number of pyridine rings is 1. The van der Waals surface area contributed by atoms with Gasteiger partial charge in [-0.3, -0.25) is 9.78 Å². The number of fused-ring (bicyclic) bond motifs is 1. The van der Waals surface area contributed by atoms with E-state index in [0.29, 0.717) is 23.1 Å². The molecular weight excluding hydrogens is 310 g/mol. The first-order valence-corrected chi connectivity index (χ1v) is 7.36. The summed E-state index contributed by atoms with van der Waals surface area (Å²) < 4.78 is 15.8. The van der Waals surface area contributed by atoms with Crippen molar-refractivity contribution in [3.8, 4) is 11.5 Å². The van der Waals surface area contributed by atoms with E-state index in [-0.39, 0.29) is 12.5 Å². The zero-order chi connectivity index (χ0) is 17.1. The van der Waals surface area contributed by atoms with Crippen molar-refractivity contribution in [1.29, 1.82) is 0 Å². The maximum Gasteiger partial charge on any atom is 0.263 e. The number of rotatable bonds is 5. The molecule has 7 heteroatoms. The summed E-state index contributed by atoms with van der Waals surface area (Å²) in [4.78, 5) is 16.4. The van der Waals surface area contributed by atoms with E-state index in [1.54, 1.807) is 26.2 Å². The lowest BCUT2D eigenvalue weighted by atomic mass is 10.1. The average Bonchev–Trinajstić information content (AvgIpc) is 2.97. The van der Waals surface area contributed by atoms with E-state index in [4.69, 9.17) is 14.0 Å². The van der Waals surface area contributed by atoms with Crippen LogP contribution in [0.25, 0.3) is 10.9 Å². The third-order valence-electron chi connectivity index (χ3n) is 3.36. The Labute approximate surface area is 138 Å². The molecule has 24 heavy (non-hydrogen) atoms. The molecule has 0 aliphatic rings. The summed E-state index contributed by atoms with van der Waals surface area (Å²) >= 11 is 0. The van der Waals surface area contributed by atoms with Crippen LogP contribution in [0.4, 0.5) is 5.82 Å². The van der Waals surface area contributed by atoms with Gasteiger partial charge in [-0.15, -0.1) is 0 Å². The Kier molecular flexibility index (Phi) is 4.33. The van der Waals surface area contributed by atoms with Crippen molar-refractivity contribution in [1.82, 2.24) is 10.1 Å². The summed E-state index contributed by atoms with van der Waals surface area (Å²) in [6.07, 6.45) is 0. The van der Waals surface area contributed by atoms with Gasteiger partial charge in [0, 0.05) is 23.2 Å². The van der Waals surface area contributed by atoms with Gasteiger partial charge in [-0.2, -0.15) is 0 Å². The number of carbonyl (C=O) groups is 1. The standard InChI is InChI=1S/C17H17N3O4/c1-10-6-15(13-8-12(22-3)4-5-14(13)18-10)23-9-17(21)19-16-7-11(2)24-20-16/h4-8H,9H2,1-3H3,(H,19,20,21). The highest BCUT2D eigenvalue weighted by Crippen LogP contribution is 2.29. The van der Waals surface area contributed by atoms with E-state index < -0.39 is 0 Å². The molecule has 0 saturated carbocycles. The average molecular weight is 327 g/mol. The van der Waals surface area contributed by atoms with E-state index in [2.05, 4.69) is 15.5 Å². The maximum absolute atomic E-state index is 12.0. The normalized spacial score (nSPS) is 10.6. The van der Waals surface area contributed by atoms with Crippen molar-refractivity contribution in [3.63, 3.8) is 0 Å². The third kappa shape index (κ3) is 3.45. The second kappa shape index (κ2) is 6.57. The van der Waals surface area contributed by atoms with Crippen LogP contribution in [0, 0.1) is 13.8 Å². The molecule has 0 saturated heterocycles. The lowest BCUT2D eigenvalue weighted by molar-refractivity contribution is -0.118. The molecule has 0 aliphatic carbocycles. The van der Waals surface area contributed by atoms with Crippen LogP contribution in [0.15, 0.2) is 34.9 Å². The molecule has 3 rings (SSSR count). The van der Waals surface area contributed by atoms with Crippen molar-refractivity contribution in [3.05, 3.63) is 41.8 Å². The predicted octanol–water partition coefficient (Wildman–Crippen LogP) is 2.87. The second-order valence-corrected chi connectivity index (χ2v) is 5.30. The van der Waals surface area contributed by atoms with Crippen molar-refractivity contribution < 1.29 is 18.8 Å². The van der Waals surface area contributed by atoms with Crippen LogP contribution >= 0.6 is 0 Å². The Balaban J connectivity index is 1.77. The number of hydrogen-bond acceptors (Lipinski definition) is 6. The van der Waals surface area contributed by atoms with E-state index in [1.165, 1.54) is 0 Å². The van der Waals surface area contributed by atoms with Gasteiger partial charge in [0.25, 0.3) is 5.91 Å². The fourth-order valence-corrected chi connectivity index (χ4v) is 2.29. The number of aromatic nitrogens is 2. The van der Waals surface area contributed by atoms with Crippen LogP contribution in [0.3, 0.4) is 0 Å². The van der Waals surface area contributed by atoms with Crippen molar-refractivity contribution in [2.45, 2.75) is 13.8 Å². The lowest BCUT2D eigenvalue weighted by Crippen LogP contribution is -2.20. The molecule has 2 aromatic heterocycles. The minimum atomic E-state index is -0.325. The van der Waals surface area contributed by atoms with Crippen molar-refractivity contribution in [2.24, 2.45) is 0 Å². The molecule has 0 spiro atoms. The monoisotopic (exact) mass is 327 g/mol. The van der Waals surface area contributed by atoms with Crippen molar-refractivity contribution >= 4 is 22.6 Å². The number of aryl methyl sites for hydroxylation is 2. The molecule has 0 aliphatic heterocycles. The first kappa shape index (κ1) is 15.8. The molecule has 1 N–H and O–H groups in total. The Morgan fingerprint density at radius 3 is 2.79 bits per heavy atom. The molecule has 3 aromatic rings. The molecule has 0 fully saturated rings. The van der Waals surface area contributed by atoms with Crippen LogP contribution in [0.5, 0.6) is 11.5 Å².